The zero-order valence-electron chi connectivity index (χ0n) is 15.9. The molecule has 0 fully saturated rings. The molecule has 27 heavy (non-hydrogen) atoms. The summed E-state index contributed by atoms with van der Waals surface area (Å²) >= 11 is 0. The molecule has 1 amide bonds. The van der Waals surface area contributed by atoms with Crippen LogP contribution in [0.25, 0.3) is 0 Å². The number of rotatable bonds is 5. The van der Waals surface area contributed by atoms with Gasteiger partial charge < -0.3 is 10.2 Å². The molecule has 0 atom stereocenters. The van der Waals surface area contributed by atoms with Crippen molar-refractivity contribution in [1.29, 1.82) is 0 Å². The first kappa shape index (κ1) is 18.6. The van der Waals surface area contributed by atoms with E-state index in [0.717, 1.165) is 11.3 Å². The first-order valence-electron chi connectivity index (χ1n) is 8.94. The van der Waals surface area contributed by atoms with Gasteiger partial charge in [0.25, 0.3) is 5.91 Å². The van der Waals surface area contributed by atoms with Crippen molar-refractivity contribution in [2.45, 2.75) is 32.9 Å². The molecule has 0 bridgehead atoms. The fraction of sp³-hybridized carbons (Fsp3) is 0.227. The molecule has 1 N–H and O–H groups in total. The highest BCUT2D eigenvalue weighted by Crippen LogP contribution is 2.24. The highest BCUT2D eigenvalue weighted by atomic mass is 16.2. The van der Waals surface area contributed by atoms with E-state index in [9.17, 15) is 4.79 Å². The third-order valence-electron chi connectivity index (χ3n) is 3.86. The average molecular weight is 360 g/mol. The van der Waals surface area contributed by atoms with E-state index in [2.05, 4.69) is 27.4 Å². The molecular weight excluding hydrogens is 336 g/mol. The molecule has 1 heterocycles. The summed E-state index contributed by atoms with van der Waals surface area (Å²) in [6.07, 6.45) is 1.63. The van der Waals surface area contributed by atoms with Crippen molar-refractivity contribution in [1.82, 2.24) is 15.3 Å². The Kier molecular flexibility index (Phi) is 5.50. The normalized spacial score (nSPS) is 11.1. The zero-order valence-corrected chi connectivity index (χ0v) is 15.9. The smallest absolute Gasteiger partial charge is 0.270 e. The molecule has 3 rings (SSSR count). The summed E-state index contributed by atoms with van der Waals surface area (Å²) in [6.45, 7) is 6.44. The first-order valence-corrected chi connectivity index (χ1v) is 8.94. The van der Waals surface area contributed by atoms with Crippen molar-refractivity contribution >= 4 is 17.5 Å². The zero-order chi connectivity index (χ0) is 19.3. The lowest BCUT2D eigenvalue weighted by molar-refractivity contribution is 0.0914. The van der Waals surface area contributed by atoms with Crippen LogP contribution in [0.3, 0.4) is 0 Å². The maximum absolute atomic E-state index is 12.5. The van der Waals surface area contributed by atoms with Crippen LogP contribution >= 0.6 is 0 Å². The Bertz CT molecular complexity index is 889. The van der Waals surface area contributed by atoms with Crippen LogP contribution in [0, 0.1) is 0 Å². The lowest BCUT2D eigenvalue weighted by atomic mass is 10.1. The van der Waals surface area contributed by atoms with Gasteiger partial charge in [-0.3, -0.25) is 4.79 Å². The number of carbonyl (C=O) groups excluding carboxylic acids is 1. The first-order chi connectivity index (χ1) is 12.9. The van der Waals surface area contributed by atoms with Crippen LogP contribution < -0.4 is 10.2 Å². The minimum Gasteiger partial charge on any atom is -0.346 e. The molecule has 2 aromatic carbocycles. The Balaban J connectivity index is 1.95. The molecule has 0 saturated heterocycles. The Morgan fingerprint density at radius 3 is 2.22 bits per heavy atom. The predicted octanol–water partition coefficient (Wildman–Crippen LogP) is 4.34. The lowest BCUT2D eigenvalue weighted by Crippen LogP contribution is -2.41. The molecular formula is C22H24N4O. The second kappa shape index (κ2) is 7.99. The van der Waals surface area contributed by atoms with Gasteiger partial charge in [-0.2, -0.15) is 0 Å². The number of nitrogens with zero attached hydrogens (tertiary/aromatic N) is 3. The van der Waals surface area contributed by atoms with Crippen molar-refractivity contribution in [3.63, 3.8) is 0 Å². The molecule has 0 aliphatic heterocycles. The molecule has 0 spiro atoms. The van der Waals surface area contributed by atoms with Crippen LogP contribution in [0.5, 0.6) is 0 Å². The van der Waals surface area contributed by atoms with Crippen molar-refractivity contribution in [3.8, 4) is 0 Å². The predicted molar refractivity (Wildman–Crippen MR) is 108 cm³/mol. The fourth-order valence-electron chi connectivity index (χ4n) is 2.66. The maximum atomic E-state index is 12.5. The van der Waals surface area contributed by atoms with Gasteiger partial charge in [-0.1, -0.05) is 48.5 Å². The summed E-state index contributed by atoms with van der Waals surface area (Å²) in [5, 5.41) is 2.94. The number of aromatic nitrogens is 2. The molecule has 0 radical (unpaired) electrons. The van der Waals surface area contributed by atoms with Crippen molar-refractivity contribution in [2.24, 2.45) is 0 Å². The Morgan fingerprint density at radius 1 is 0.963 bits per heavy atom. The third kappa shape index (κ3) is 5.14. The van der Waals surface area contributed by atoms with E-state index in [1.807, 2.05) is 74.2 Å². The maximum Gasteiger partial charge on any atom is 0.270 e. The summed E-state index contributed by atoms with van der Waals surface area (Å²) in [6, 6.07) is 21.7. The van der Waals surface area contributed by atoms with E-state index in [0.29, 0.717) is 18.2 Å². The summed E-state index contributed by atoms with van der Waals surface area (Å²) in [5.41, 5.74) is 2.12. The number of amides is 1. The number of carbonyl (C=O) groups is 1. The largest absolute Gasteiger partial charge is 0.346 e. The van der Waals surface area contributed by atoms with Gasteiger partial charge in [0.05, 0.1) is 6.54 Å². The second-order valence-electron chi connectivity index (χ2n) is 7.35. The summed E-state index contributed by atoms with van der Waals surface area (Å²) in [7, 11) is 0. The number of hydrogen-bond donors (Lipinski definition) is 1. The lowest BCUT2D eigenvalue weighted by Gasteiger charge is -2.24. The molecule has 138 valence electrons. The monoisotopic (exact) mass is 360 g/mol. The van der Waals surface area contributed by atoms with Crippen molar-refractivity contribution < 1.29 is 4.79 Å². The average Bonchev–Trinajstić information content (AvgIpc) is 2.66. The summed E-state index contributed by atoms with van der Waals surface area (Å²) in [5.74, 6) is 0.283. The highest BCUT2D eigenvalue weighted by molar-refractivity contribution is 5.93. The quantitative estimate of drug-likeness (QED) is 0.735. The fourth-order valence-corrected chi connectivity index (χ4v) is 2.66. The number of para-hydroxylation sites is 1. The molecule has 3 aromatic rings. The standard InChI is InChI=1S/C22H24N4O/c1-22(2,3)25-20(27)19-14-15-23-21(24-19)26(18-12-8-5-9-13-18)16-17-10-6-4-7-11-17/h4-15H,16H2,1-3H3,(H,25,27). The highest BCUT2D eigenvalue weighted by Gasteiger charge is 2.19. The van der Waals surface area contributed by atoms with E-state index in [-0.39, 0.29) is 11.4 Å². The van der Waals surface area contributed by atoms with Crippen molar-refractivity contribution in [2.75, 3.05) is 4.90 Å². The molecule has 0 aliphatic carbocycles. The van der Waals surface area contributed by atoms with Gasteiger partial charge in [-0.25, -0.2) is 9.97 Å². The topological polar surface area (TPSA) is 58.1 Å². The Morgan fingerprint density at radius 2 is 1.59 bits per heavy atom. The van der Waals surface area contributed by atoms with Gasteiger partial charge in [-0.05, 0) is 44.5 Å². The molecule has 1 aromatic heterocycles. The van der Waals surface area contributed by atoms with E-state index >= 15 is 0 Å². The third-order valence-corrected chi connectivity index (χ3v) is 3.86. The van der Waals surface area contributed by atoms with Gasteiger partial charge in [0.15, 0.2) is 0 Å². The van der Waals surface area contributed by atoms with Gasteiger partial charge >= 0.3 is 0 Å². The number of hydrogen-bond acceptors (Lipinski definition) is 4. The minimum atomic E-state index is -0.328. The second-order valence-corrected chi connectivity index (χ2v) is 7.35. The van der Waals surface area contributed by atoms with Gasteiger partial charge in [0, 0.05) is 17.4 Å². The molecule has 5 heteroatoms. The van der Waals surface area contributed by atoms with Crippen LogP contribution in [0.1, 0.15) is 36.8 Å². The summed E-state index contributed by atoms with van der Waals surface area (Å²) in [4.78, 5) is 23.5. The minimum absolute atomic E-state index is 0.209. The van der Waals surface area contributed by atoms with Crippen LogP contribution in [-0.2, 0) is 6.54 Å². The van der Waals surface area contributed by atoms with Crippen LogP contribution in [0.2, 0.25) is 0 Å². The number of benzene rings is 2. The Hall–Kier alpha value is -3.21. The number of nitrogens with one attached hydrogen (secondary N) is 1. The summed E-state index contributed by atoms with van der Waals surface area (Å²) < 4.78 is 0. The van der Waals surface area contributed by atoms with E-state index < -0.39 is 0 Å². The van der Waals surface area contributed by atoms with E-state index in [1.165, 1.54) is 0 Å². The van der Waals surface area contributed by atoms with Crippen LogP contribution in [0.4, 0.5) is 11.6 Å². The van der Waals surface area contributed by atoms with Gasteiger partial charge in [-0.15, -0.1) is 0 Å². The SMILES string of the molecule is CC(C)(C)NC(=O)c1ccnc(N(Cc2ccccc2)c2ccccc2)n1. The van der Waals surface area contributed by atoms with Crippen LogP contribution in [0.15, 0.2) is 72.9 Å². The van der Waals surface area contributed by atoms with Gasteiger partial charge in [0.1, 0.15) is 5.69 Å². The Labute approximate surface area is 160 Å². The van der Waals surface area contributed by atoms with Crippen LogP contribution in [-0.4, -0.2) is 21.4 Å². The molecule has 0 aliphatic rings. The number of anilines is 2. The van der Waals surface area contributed by atoms with Gasteiger partial charge in [0.2, 0.25) is 5.95 Å². The van der Waals surface area contributed by atoms with E-state index in [4.69, 9.17) is 0 Å². The molecule has 0 saturated carbocycles. The molecule has 0 unspecified atom stereocenters. The van der Waals surface area contributed by atoms with E-state index in [1.54, 1.807) is 12.3 Å². The van der Waals surface area contributed by atoms with Crippen molar-refractivity contribution in [3.05, 3.63) is 84.2 Å². The molecule has 5 nitrogen and oxygen atoms in total.